The Hall–Kier alpha value is -0.940. The normalized spacial score (nSPS) is 38.2. The lowest BCUT2D eigenvalue weighted by Gasteiger charge is -2.28. The molecule has 0 amide bonds. The molecule has 4 N–H and O–H groups in total. The van der Waals surface area contributed by atoms with Crippen LogP contribution in [-0.2, 0) is 0 Å². The van der Waals surface area contributed by atoms with E-state index in [1.54, 1.807) is 6.92 Å². The maximum absolute atomic E-state index is 10.5. The van der Waals surface area contributed by atoms with Crippen molar-refractivity contribution in [3.8, 4) is 0 Å². The molecule has 0 spiro atoms. The van der Waals surface area contributed by atoms with Gasteiger partial charge in [0.25, 0.3) is 0 Å². The van der Waals surface area contributed by atoms with Gasteiger partial charge in [-0.1, -0.05) is 39.2 Å². The van der Waals surface area contributed by atoms with Gasteiger partial charge in [0.05, 0.1) is 17.8 Å². The van der Waals surface area contributed by atoms with Crippen molar-refractivity contribution >= 4 is 0 Å². The highest BCUT2D eigenvalue weighted by Gasteiger charge is 2.29. The van der Waals surface area contributed by atoms with E-state index >= 15 is 0 Å². The molecule has 0 saturated heterocycles. The zero-order valence-corrected chi connectivity index (χ0v) is 16.0. The van der Waals surface area contributed by atoms with Gasteiger partial charge in [0.1, 0.15) is 6.10 Å². The summed E-state index contributed by atoms with van der Waals surface area (Å²) in [4.78, 5) is 0. The van der Waals surface area contributed by atoms with Gasteiger partial charge in [0.2, 0.25) is 0 Å². The van der Waals surface area contributed by atoms with Gasteiger partial charge in [-0.05, 0) is 62.0 Å². The topological polar surface area (TPSA) is 80.9 Å². The number of hydrogen-bond acceptors (Lipinski definition) is 4. The summed E-state index contributed by atoms with van der Waals surface area (Å²) in [6, 6.07) is 0. The van der Waals surface area contributed by atoms with Gasteiger partial charge in [-0.15, -0.1) is 0 Å². The van der Waals surface area contributed by atoms with E-state index in [0.717, 1.165) is 18.4 Å². The predicted molar refractivity (Wildman–Crippen MR) is 102 cm³/mol. The second kappa shape index (κ2) is 9.67. The van der Waals surface area contributed by atoms with Crippen molar-refractivity contribution in [3.05, 3.63) is 36.5 Å². The van der Waals surface area contributed by atoms with Crippen LogP contribution in [0.25, 0.3) is 0 Å². The zero-order valence-electron chi connectivity index (χ0n) is 16.0. The third-order valence-electron chi connectivity index (χ3n) is 5.24. The second-order valence-corrected chi connectivity index (χ2v) is 8.16. The van der Waals surface area contributed by atoms with Gasteiger partial charge in [0.15, 0.2) is 0 Å². The molecule has 0 heterocycles. The second-order valence-electron chi connectivity index (χ2n) is 8.16. The van der Waals surface area contributed by atoms with Crippen molar-refractivity contribution in [1.82, 2.24) is 0 Å². The van der Waals surface area contributed by atoms with Crippen molar-refractivity contribution in [2.75, 3.05) is 0 Å². The lowest BCUT2D eigenvalue weighted by Crippen LogP contribution is -2.37. The monoisotopic (exact) mass is 352 g/mol. The van der Waals surface area contributed by atoms with Crippen LogP contribution in [0.1, 0.15) is 59.3 Å². The Balaban J connectivity index is 2.96. The molecular formula is C21H36O4. The van der Waals surface area contributed by atoms with E-state index in [0.29, 0.717) is 36.7 Å². The summed E-state index contributed by atoms with van der Waals surface area (Å²) in [5, 5.41) is 41.3. The Morgan fingerprint density at radius 3 is 2.28 bits per heavy atom. The summed E-state index contributed by atoms with van der Waals surface area (Å²) in [5.41, 5.74) is 0.173. The number of aliphatic hydroxyl groups is 4. The first-order valence-electron chi connectivity index (χ1n) is 9.32. The van der Waals surface area contributed by atoms with E-state index in [4.69, 9.17) is 0 Å². The minimum atomic E-state index is -1.11. The largest absolute Gasteiger partial charge is 0.390 e. The predicted octanol–water partition coefficient (Wildman–Crippen LogP) is 3.12. The molecule has 1 aliphatic carbocycles. The SMILES string of the molecule is C=C1CC[C@@H](C(C)C)/C=C/C[C@@](C)(O)C[C@@H](O)[C@@H](O)C(=C)CC[C@@H]1O. The van der Waals surface area contributed by atoms with Crippen LogP contribution in [0.15, 0.2) is 36.5 Å². The molecule has 5 atom stereocenters. The van der Waals surface area contributed by atoms with E-state index in [-0.39, 0.29) is 6.42 Å². The average molecular weight is 353 g/mol. The van der Waals surface area contributed by atoms with Crippen molar-refractivity contribution in [3.63, 3.8) is 0 Å². The molecule has 0 aromatic carbocycles. The van der Waals surface area contributed by atoms with Crippen LogP contribution in [0, 0.1) is 11.8 Å². The van der Waals surface area contributed by atoms with Crippen LogP contribution in [0.3, 0.4) is 0 Å². The lowest BCUT2D eigenvalue weighted by atomic mass is 9.87. The van der Waals surface area contributed by atoms with Crippen LogP contribution in [-0.4, -0.2) is 44.3 Å². The Bertz CT molecular complexity index is 478. The Labute approximate surface area is 152 Å². The molecule has 144 valence electrons. The standard InChI is InChI=1S/C21H36O4/c1-14(2)17-7-6-12-21(5,25)13-19(23)20(24)16(4)9-11-18(22)15(3)8-10-17/h6-7,14,17-20,22-25H,3-4,8-13H2,1-2,5H3/b7-6+/t17-,18-,19+,20-,21+/m0/s1. The van der Waals surface area contributed by atoms with Crippen LogP contribution in [0.2, 0.25) is 0 Å². The van der Waals surface area contributed by atoms with Crippen LogP contribution < -0.4 is 0 Å². The summed E-state index contributed by atoms with van der Waals surface area (Å²) in [6.45, 7) is 13.8. The minimum Gasteiger partial charge on any atom is -0.390 e. The number of rotatable bonds is 1. The zero-order chi connectivity index (χ0) is 19.2. The maximum atomic E-state index is 10.5. The maximum Gasteiger partial charge on any atom is 0.101 e. The Kier molecular flexibility index (Phi) is 8.55. The molecule has 0 aromatic heterocycles. The fraction of sp³-hybridized carbons (Fsp3) is 0.714. The van der Waals surface area contributed by atoms with E-state index in [1.807, 2.05) is 6.08 Å². The van der Waals surface area contributed by atoms with Gasteiger partial charge in [-0.3, -0.25) is 0 Å². The molecule has 4 heteroatoms. The first kappa shape index (κ1) is 22.1. The lowest BCUT2D eigenvalue weighted by molar-refractivity contribution is -0.0352. The fourth-order valence-electron chi connectivity index (χ4n) is 3.26. The molecule has 0 bridgehead atoms. The van der Waals surface area contributed by atoms with Gasteiger partial charge >= 0.3 is 0 Å². The summed E-state index contributed by atoms with van der Waals surface area (Å²) >= 11 is 0. The molecule has 0 radical (unpaired) electrons. The van der Waals surface area contributed by atoms with E-state index in [2.05, 4.69) is 33.1 Å². The third-order valence-corrected chi connectivity index (χ3v) is 5.24. The number of hydrogen-bond donors (Lipinski definition) is 4. The Morgan fingerprint density at radius 1 is 1.08 bits per heavy atom. The summed E-state index contributed by atoms with van der Waals surface area (Å²) in [7, 11) is 0. The van der Waals surface area contributed by atoms with Crippen LogP contribution in [0.5, 0.6) is 0 Å². The van der Waals surface area contributed by atoms with Crippen molar-refractivity contribution < 1.29 is 20.4 Å². The minimum absolute atomic E-state index is 0.0686. The Morgan fingerprint density at radius 2 is 1.68 bits per heavy atom. The van der Waals surface area contributed by atoms with Crippen LogP contribution in [0.4, 0.5) is 0 Å². The van der Waals surface area contributed by atoms with E-state index in [9.17, 15) is 20.4 Å². The molecule has 25 heavy (non-hydrogen) atoms. The summed E-state index contributed by atoms with van der Waals surface area (Å²) in [6.07, 6.45) is 4.21. The highest BCUT2D eigenvalue weighted by atomic mass is 16.3. The molecule has 1 rings (SSSR count). The molecule has 0 fully saturated rings. The average Bonchev–Trinajstić information content (AvgIpc) is 2.52. The van der Waals surface area contributed by atoms with Gasteiger partial charge in [-0.2, -0.15) is 0 Å². The summed E-state index contributed by atoms with van der Waals surface area (Å²) in [5.74, 6) is 0.796. The van der Waals surface area contributed by atoms with E-state index in [1.165, 1.54) is 0 Å². The molecule has 0 unspecified atom stereocenters. The first-order valence-corrected chi connectivity index (χ1v) is 9.32. The molecule has 4 nitrogen and oxygen atoms in total. The van der Waals surface area contributed by atoms with Gasteiger partial charge in [0, 0.05) is 6.42 Å². The number of allylic oxidation sites excluding steroid dienone is 1. The molecule has 0 saturated carbocycles. The van der Waals surface area contributed by atoms with Crippen molar-refractivity contribution in [2.45, 2.75) is 83.2 Å². The molecular weight excluding hydrogens is 316 g/mol. The third kappa shape index (κ3) is 7.45. The molecule has 0 aromatic rings. The smallest absolute Gasteiger partial charge is 0.101 e. The molecule has 1 aliphatic rings. The van der Waals surface area contributed by atoms with E-state index < -0.39 is 23.9 Å². The van der Waals surface area contributed by atoms with Gasteiger partial charge < -0.3 is 20.4 Å². The molecule has 0 aliphatic heterocycles. The first-order chi connectivity index (χ1) is 11.5. The summed E-state index contributed by atoms with van der Waals surface area (Å²) < 4.78 is 0. The quantitative estimate of drug-likeness (QED) is 0.547. The highest BCUT2D eigenvalue weighted by Crippen LogP contribution is 2.27. The van der Waals surface area contributed by atoms with Crippen LogP contribution >= 0.6 is 0 Å². The fourth-order valence-corrected chi connectivity index (χ4v) is 3.26. The van der Waals surface area contributed by atoms with Crippen molar-refractivity contribution in [1.29, 1.82) is 0 Å². The van der Waals surface area contributed by atoms with Gasteiger partial charge in [-0.25, -0.2) is 0 Å². The number of aliphatic hydroxyl groups excluding tert-OH is 3. The van der Waals surface area contributed by atoms with Crippen molar-refractivity contribution in [2.24, 2.45) is 11.8 Å². The highest BCUT2D eigenvalue weighted by molar-refractivity contribution is 5.10.